The Morgan fingerprint density at radius 2 is 1.40 bits per heavy atom. The van der Waals surface area contributed by atoms with Crippen LogP contribution in [0, 0.1) is 0 Å². The summed E-state index contributed by atoms with van der Waals surface area (Å²) in [5.41, 5.74) is 3.31. The predicted octanol–water partition coefficient (Wildman–Crippen LogP) is 5.86. The van der Waals surface area contributed by atoms with E-state index in [-0.39, 0.29) is 0 Å². The number of hydrogen-bond acceptors (Lipinski definition) is 1. The number of hydrogen-bond donors (Lipinski definition) is 0. The van der Waals surface area contributed by atoms with Crippen molar-refractivity contribution in [2.24, 2.45) is 0 Å². The quantitative estimate of drug-likeness (QED) is 0.417. The Balaban J connectivity index is 2.31. The van der Waals surface area contributed by atoms with E-state index in [9.17, 15) is 0 Å². The van der Waals surface area contributed by atoms with Crippen molar-refractivity contribution in [3.63, 3.8) is 0 Å². The third-order valence-corrected chi connectivity index (χ3v) is 4.04. The molecule has 0 bridgehead atoms. The first-order chi connectivity index (χ1) is 9.75. The van der Waals surface area contributed by atoms with Gasteiger partial charge < -0.3 is 4.42 Å². The number of fused-ring (bicyclic) bond motifs is 5. The van der Waals surface area contributed by atoms with Gasteiger partial charge in [0.05, 0.1) is 0 Å². The molecule has 0 atom stereocenters. The van der Waals surface area contributed by atoms with E-state index in [0.717, 1.165) is 11.2 Å². The highest BCUT2D eigenvalue weighted by molar-refractivity contribution is 6.19. The molecule has 4 aromatic rings. The molecule has 0 N–H and O–H groups in total. The molecular weight excluding hydrogens is 244 g/mol. The van der Waals surface area contributed by atoms with E-state index in [4.69, 9.17) is 4.42 Å². The lowest BCUT2D eigenvalue weighted by atomic mass is 9.93. The lowest BCUT2D eigenvalue weighted by Gasteiger charge is -2.10. The highest BCUT2D eigenvalue weighted by atomic mass is 16.3. The maximum absolute atomic E-state index is 6.05. The van der Waals surface area contributed by atoms with Crippen LogP contribution in [-0.2, 0) is 0 Å². The average Bonchev–Trinajstić information content (AvgIpc) is 2.84. The third kappa shape index (κ3) is 1.50. The van der Waals surface area contributed by atoms with Crippen LogP contribution in [0.25, 0.3) is 32.7 Å². The van der Waals surface area contributed by atoms with Crippen molar-refractivity contribution in [1.29, 1.82) is 0 Å². The Kier molecular flexibility index (Phi) is 2.37. The van der Waals surface area contributed by atoms with Gasteiger partial charge in [-0.2, -0.15) is 0 Å². The van der Waals surface area contributed by atoms with Crippen LogP contribution in [0.1, 0.15) is 25.3 Å². The lowest BCUT2D eigenvalue weighted by molar-refractivity contribution is 0.668. The Labute approximate surface area is 117 Å². The largest absolute Gasteiger partial charge is 0.456 e. The molecule has 0 amide bonds. The van der Waals surface area contributed by atoms with Crippen molar-refractivity contribution in [2.75, 3.05) is 0 Å². The second kappa shape index (κ2) is 4.11. The fourth-order valence-corrected chi connectivity index (χ4v) is 3.09. The van der Waals surface area contributed by atoms with E-state index in [1.165, 1.54) is 27.1 Å². The number of rotatable bonds is 1. The Bertz CT molecular complexity index is 928. The molecule has 4 rings (SSSR count). The minimum Gasteiger partial charge on any atom is -0.456 e. The van der Waals surface area contributed by atoms with Gasteiger partial charge in [-0.15, -0.1) is 0 Å². The third-order valence-electron chi connectivity index (χ3n) is 4.04. The van der Waals surface area contributed by atoms with Crippen molar-refractivity contribution in [3.8, 4) is 0 Å². The standard InChI is InChI=1S/C19H16O/c1-12(2)16-11-18-19(14-8-4-3-7-13(14)16)15-9-5-6-10-17(15)20-18/h3-12H,1-2H3. The van der Waals surface area contributed by atoms with Crippen LogP contribution in [-0.4, -0.2) is 0 Å². The Hall–Kier alpha value is -2.28. The molecule has 1 heteroatoms. The smallest absolute Gasteiger partial charge is 0.136 e. The summed E-state index contributed by atoms with van der Waals surface area (Å²) in [5, 5.41) is 5.06. The van der Waals surface area contributed by atoms with E-state index in [1.807, 2.05) is 12.1 Å². The molecule has 0 aliphatic heterocycles. The Morgan fingerprint density at radius 3 is 2.15 bits per heavy atom. The van der Waals surface area contributed by atoms with Gasteiger partial charge in [0.25, 0.3) is 0 Å². The summed E-state index contributed by atoms with van der Waals surface area (Å²) in [4.78, 5) is 0. The lowest BCUT2D eigenvalue weighted by Crippen LogP contribution is -1.89. The summed E-state index contributed by atoms with van der Waals surface area (Å²) >= 11 is 0. The average molecular weight is 260 g/mol. The van der Waals surface area contributed by atoms with E-state index in [2.05, 4.69) is 56.3 Å². The number of benzene rings is 3. The van der Waals surface area contributed by atoms with Crippen LogP contribution in [0.15, 0.2) is 59.0 Å². The fourth-order valence-electron chi connectivity index (χ4n) is 3.09. The fraction of sp³-hybridized carbons (Fsp3) is 0.158. The Morgan fingerprint density at radius 1 is 0.750 bits per heavy atom. The SMILES string of the molecule is CC(C)c1cc2oc3ccccc3c2c2ccccc12. The second-order valence-corrected chi connectivity index (χ2v) is 5.64. The molecule has 1 nitrogen and oxygen atoms in total. The van der Waals surface area contributed by atoms with Gasteiger partial charge in [-0.05, 0) is 34.4 Å². The van der Waals surface area contributed by atoms with Crippen LogP contribution in [0.5, 0.6) is 0 Å². The topological polar surface area (TPSA) is 13.1 Å². The highest BCUT2D eigenvalue weighted by Gasteiger charge is 2.14. The molecule has 0 radical (unpaired) electrons. The maximum Gasteiger partial charge on any atom is 0.136 e. The zero-order valence-corrected chi connectivity index (χ0v) is 11.7. The zero-order valence-electron chi connectivity index (χ0n) is 11.7. The summed E-state index contributed by atoms with van der Waals surface area (Å²) in [6.07, 6.45) is 0. The molecule has 3 aromatic carbocycles. The van der Waals surface area contributed by atoms with Crippen LogP contribution in [0.4, 0.5) is 0 Å². The first-order valence-electron chi connectivity index (χ1n) is 7.08. The monoisotopic (exact) mass is 260 g/mol. The van der Waals surface area contributed by atoms with Crippen molar-refractivity contribution in [3.05, 3.63) is 60.2 Å². The first-order valence-corrected chi connectivity index (χ1v) is 7.08. The van der Waals surface area contributed by atoms with E-state index in [0.29, 0.717) is 5.92 Å². The van der Waals surface area contributed by atoms with Crippen LogP contribution in [0.2, 0.25) is 0 Å². The first kappa shape index (κ1) is 11.5. The van der Waals surface area contributed by atoms with Gasteiger partial charge in [0.2, 0.25) is 0 Å². The van der Waals surface area contributed by atoms with E-state index < -0.39 is 0 Å². The second-order valence-electron chi connectivity index (χ2n) is 5.64. The molecule has 1 aromatic heterocycles. The van der Waals surface area contributed by atoms with Crippen molar-refractivity contribution in [2.45, 2.75) is 19.8 Å². The highest BCUT2D eigenvalue weighted by Crippen LogP contribution is 2.38. The van der Waals surface area contributed by atoms with Gasteiger partial charge in [0, 0.05) is 10.8 Å². The molecule has 1 heterocycles. The van der Waals surface area contributed by atoms with E-state index in [1.54, 1.807) is 0 Å². The molecule has 20 heavy (non-hydrogen) atoms. The molecule has 0 aliphatic rings. The van der Waals surface area contributed by atoms with Gasteiger partial charge >= 0.3 is 0 Å². The van der Waals surface area contributed by atoms with Gasteiger partial charge in [0.1, 0.15) is 11.2 Å². The molecule has 0 aliphatic carbocycles. The molecule has 0 fully saturated rings. The van der Waals surface area contributed by atoms with Crippen molar-refractivity contribution >= 4 is 32.7 Å². The van der Waals surface area contributed by atoms with Crippen LogP contribution < -0.4 is 0 Å². The molecule has 98 valence electrons. The molecule has 0 saturated heterocycles. The maximum atomic E-state index is 6.05. The summed E-state index contributed by atoms with van der Waals surface area (Å²) in [6, 6.07) is 19.1. The van der Waals surface area contributed by atoms with Crippen LogP contribution in [0.3, 0.4) is 0 Å². The summed E-state index contributed by atoms with van der Waals surface area (Å²) in [5.74, 6) is 0.484. The predicted molar refractivity (Wildman–Crippen MR) is 85.3 cm³/mol. The summed E-state index contributed by atoms with van der Waals surface area (Å²) in [7, 11) is 0. The minimum absolute atomic E-state index is 0.484. The normalized spacial score (nSPS) is 11.9. The molecule has 0 saturated carbocycles. The molecule has 0 spiro atoms. The van der Waals surface area contributed by atoms with Gasteiger partial charge in [-0.25, -0.2) is 0 Å². The van der Waals surface area contributed by atoms with Gasteiger partial charge in [0.15, 0.2) is 0 Å². The van der Waals surface area contributed by atoms with E-state index >= 15 is 0 Å². The molecular formula is C19H16O. The summed E-state index contributed by atoms with van der Waals surface area (Å²) < 4.78 is 6.05. The van der Waals surface area contributed by atoms with Crippen molar-refractivity contribution in [1.82, 2.24) is 0 Å². The zero-order chi connectivity index (χ0) is 13.7. The van der Waals surface area contributed by atoms with Crippen molar-refractivity contribution < 1.29 is 4.42 Å². The number of furan rings is 1. The minimum atomic E-state index is 0.484. The van der Waals surface area contributed by atoms with Gasteiger partial charge in [-0.3, -0.25) is 0 Å². The van der Waals surface area contributed by atoms with Gasteiger partial charge in [-0.1, -0.05) is 56.3 Å². The number of para-hydroxylation sites is 1. The van der Waals surface area contributed by atoms with Crippen LogP contribution >= 0.6 is 0 Å². The molecule has 0 unspecified atom stereocenters. The summed E-state index contributed by atoms with van der Waals surface area (Å²) in [6.45, 7) is 4.46.